The van der Waals surface area contributed by atoms with Crippen LogP contribution >= 0.6 is 0 Å². The number of esters is 1. The summed E-state index contributed by atoms with van der Waals surface area (Å²) in [6.45, 7) is 5.17. The molecular weight excluding hydrogens is 202 g/mol. The molecule has 0 N–H and O–H groups in total. The normalized spacial score (nSPS) is 48.6. The largest absolute Gasteiger partial charge is 0.462 e. The van der Waals surface area contributed by atoms with Gasteiger partial charge in [-0.15, -0.1) is 0 Å². The molecule has 2 nitrogen and oxygen atoms in total. The molecule has 1 saturated heterocycles. The lowest BCUT2D eigenvalue weighted by atomic mass is 9.65. The summed E-state index contributed by atoms with van der Waals surface area (Å²) in [5, 5.41) is 0. The van der Waals surface area contributed by atoms with Gasteiger partial charge in [0.25, 0.3) is 5.92 Å². The zero-order valence-electron chi connectivity index (χ0n) is 9.17. The van der Waals surface area contributed by atoms with Gasteiger partial charge in [0.1, 0.15) is 6.10 Å². The van der Waals surface area contributed by atoms with Crippen LogP contribution in [0.3, 0.4) is 0 Å². The van der Waals surface area contributed by atoms with Crippen molar-refractivity contribution in [2.45, 2.75) is 39.2 Å². The molecule has 2 fully saturated rings. The molecule has 86 valence electrons. The quantitative estimate of drug-likeness (QED) is 0.584. The zero-order valence-corrected chi connectivity index (χ0v) is 9.17. The number of alkyl halides is 2. The van der Waals surface area contributed by atoms with Crippen LogP contribution in [0.25, 0.3) is 0 Å². The van der Waals surface area contributed by atoms with E-state index in [1.54, 1.807) is 20.8 Å². The first kappa shape index (κ1) is 10.8. The molecule has 4 heteroatoms. The summed E-state index contributed by atoms with van der Waals surface area (Å²) in [6, 6.07) is 0. The van der Waals surface area contributed by atoms with Crippen LogP contribution in [-0.4, -0.2) is 18.0 Å². The minimum Gasteiger partial charge on any atom is -0.462 e. The van der Waals surface area contributed by atoms with Crippen molar-refractivity contribution in [2.75, 3.05) is 0 Å². The summed E-state index contributed by atoms with van der Waals surface area (Å²) in [6.07, 6.45) is -0.553. The monoisotopic (exact) mass is 218 g/mol. The number of carbonyl (C=O) groups excluding carboxylic acids is 1. The molecule has 1 saturated carbocycles. The van der Waals surface area contributed by atoms with Crippen LogP contribution in [0.4, 0.5) is 8.78 Å². The van der Waals surface area contributed by atoms with Crippen molar-refractivity contribution >= 4 is 5.97 Å². The summed E-state index contributed by atoms with van der Waals surface area (Å²) in [5.41, 5.74) is 0. The van der Waals surface area contributed by atoms with Crippen LogP contribution in [-0.2, 0) is 9.53 Å². The van der Waals surface area contributed by atoms with Crippen LogP contribution in [0, 0.1) is 23.7 Å². The number of fused-ring (bicyclic) bond motifs is 1. The zero-order chi connectivity index (χ0) is 11.4. The summed E-state index contributed by atoms with van der Waals surface area (Å²) in [4.78, 5) is 11.4. The minimum atomic E-state index is -2.73. The van der Waals surface area contributed by atoms with Gasteiger partial charge in [0, 0.05) is 18.3 Å². The van der Waals surface area contributed by atoms with E-state index in [-0.39, 0.29) is 24.4 Å². The molecule has 5 unspecified atom stereocenters. The van der Waals surface area contributed by atoms with E-state index in [4.69, 9.17) is 4.74 Å². The van der Waals surface area contributed by atoms with Gasteiger partial charge in [-0.3, -0.25) is 4.79 Å². The van der Waals surface area contributed by atoms with E-state index < -0.39 is 23.7 Å². The second-order valence-corrected chi connectivity index (χ2v) is 4.94. The van der Waals surface area contributed by atoms with E-state index in [0.717, 1.165) is 0 Å². The van der Waals surface area contributed by atoms with Gasteiger partial charge in [0.2, 0.25) is 0 Å². The van der Waals surface area contributed by atoms with Gasteiger partial charge in [0.15, 0.2) is 0 Å². The fraction of sp³-hybridized carbons (Fsp3) is 0.909. The van der Waals surface area contributed by atoms with E-state index in [1.165, 1.54) is 0 Å². The average Bonchev–Trinajstić information content (AvgIpc) is 2.38. The lowest BCUT2D eigenvalue weighted by Gasteiger charge is -2.40. The number of carbonyl (C=O) groups is 1. The van der Waals surface area contributed by atoms with Crippen LogP contribution in [0.1, 0.15) is 27.2 Å². The molecule has 0 aromatic carbocycles. The first-order chi connectivity index (χ1) is 6.84. The number of halogens is 2. The van der Waals surface area contributed by atoms with Gasteiger partial charge in [-0.25, -0.2) is 8.78 Å². The molecule has 0 amide bonds. The van der Waals surface area contributed by atoms with Crippen LogP contribution in [0.15, 0.2) is 0 Å². The van der Waals surface area contributed by atoms with Crippen molar-refractivity contribution in [3.8, 4) is 0 Å². The van der Waals surface area contributed by atoms with Gasteiger partial charge in [0.05, 0.1) is 5.92 Å². The molecule has 2 aliphatic rings. The van der Waals surface area contributed by atoms with Gasteiger partial charge < -0.3 is 4.74 Å². The Morgan fingerprint density at radius 2 is 1.93 bits per heavy atom. The smallest absolute Gasteiger partial charge is 0.309 e. The second-order valence-electron chi connectivity index (χ2n) is 4.94. The van der Waals surface area contributed by atoms with Crippen LogP contribution in [0.5, 0.6) is 0 Å². The first-order valence-corrected chi connectivity index (χ1v) is 5.43. The number of hydrogen-bond donors (Lipinski definition) is 0. The van der Waals surface area contributed by atoms with Crippen molar-refractivity contribution in [1.29, 1.82) is 0 Å². The third-order valence-corrected chi connectivity index (χ3v) is 4.17. The Kier molecular flexibility index (Phi) is 2.28. The third-order valence-electron chi connectivity index (χ3n) is 4.17. The number of ether oxygens (including phenoxy) is 1. The van der Waals surface area contributed by atoms with Crippen molar-refractivity contribution in [3.05, 3.63) is 0 Å². The topological polar surface area (TPSA) is 26.3 Å². The predicted molar refractivity (Wildman–Crippen MR) is 50.4 cm³/mol. The Balaban J connectivity index is 2.30. The number of hydrogen-bond acceptors (Lipinski definition) is 2. The van der Waals surface area contributed by atoms with Crippen molar-refractivity contribution < 1.29 is 18.3 Å². The fourth-order valence-electron chi connectivity index (χ4n) is 3.04. The second kappa shape index (κ2) is 3.16. The summed E-state index contributed by atoms with van der Waals surface area (Å²) < 4.78 is 32.2. The molecule has 0 radical (unpaired) electrons. The van der Waals surface area contributed by atoms with E-state index >= 15 is 0 Å². The Morgan fingerprint density at radius 1 is 1.33 bits per heavy atom. The highest BCUT2D eigenvalue weighted by atomic mass is 19.3. The van der Waals surface area contributed by atoms with E-state index in [1.807, 2.05) is 0 Å². The molecule has 0 aromatic heterocycles. The maximum absolute atomic E-state index is 13.6. The summed E-state index contributed by atoms with van der Waals surface area (Å²) >= 11 is 0. The Labute approximate surface area is 88.0 Å². The maximum Gasteiger partial charge on any atom is 0.309 e. The maximum atomic E-state index is 13.6. The minimum absolute atomic E-state index is 0.0351. The lowest BCUT2D eigenvalue weighted by molar-refractivity contribution is -0.153. The molecule has 1 aliphatic heterocycles. The van der Waals surface area contributed by atoms with Crippen LogP contribution < -0.4 is 0 Å². The van der Waals surface area contributed by atoms with Crippen molar-refractivity contribution in [2.24, 2.45) is 23.7 Å². The van der Waals surface area contributed by atoms with Gasteiger partial charge in [-0.2, -0.15) is 0 Å². The van der Waals surface area contributed by atoms with Crippen molar-refractivity contribution in [3.63, 3.8) is 0 Å². The third kappa shape index (κ3) is 1.45. The molecule has 0 bridgehead atoms. The molecule has 1 heterocycles. The van der Waals surface area contributed by atoms with Crippen LogP contribution in [0.2, 0.25) is 0 Å². The van der Waals surface area contributed by atoms with Gasteiger partial charge in [-0.05, 0) is 12.8 Å². The molecular formula is C11H16F2O2. The Bertz CT molecular complexity index is 290. The number of rotatable bonds is 0. The SMILES string of the molecule is CC1OC(=O)C2CC(F)(F)C(C)C(C)C12. The highest BCUT2D eigenvalue weighted by Gasteiger charge is 2.58. The number of cyclic esters (lactones) is 1. The summed E-state index contributed by atoms with van der Waals surface area (Å²) in [5.74, 6) is -4.64. The van der Waals surface area contributed by atoms with Gasteiger partial charge >= 0.3 is 5.97 Å². The summed E-state index contributed by atoms with van der Waals surface area (Å²) in [7, 11) is 0. The Hall–Kier alpha value is -0.670. The first-order valence-electron chi connectivity index (χ1n) is 5.43. The van der Waals surface area contributed by atoms with Crippen molar-refractivity contribution in [1.82, 2.24) is 0 Å². The molecule has 1 aliphatic carbocycles. The molecule has 0 aromatic rings. The molecule has 5 atom stereocenters. The Morgan fingerprint density at radius 3 is 2.53 bits per heavy atom. The van der Waals surface area contributed by atoms with E-state index in [0.29, 0.717) is 0 Å². The average molecular weight is 218 g/mol. The lowest BCUT2D eigenvalue weighted by Crippen LogP contribution is -2.46. The van der Waals surface area contributed by atoms with E-state index in [2.05, 4.69) is 0 Å². The van der Waals surface area contributed by atoms with Gasteiger partial charge in [-0.1, -0.05) is 13.8 Å². The highest BCUT2D eigenvalue weighted by molar-refractivity contribution is 5.75. The molecule has 15 heavy (non-hydrogen) atoms. The molecule has 2 rings (SSSR count). The van der Waals surface area contributed by atoms with E-state index in [9.17, 15) is 13.6 Å². The predicted octanol–water partition coefficient (Wildman–Crippen LogP) is 2.48. The fourth-order valence-corrected chi connectivity index (χ4v) is 3.04. The highest BCUT2D eigenvalue weighted by Crippen LogP contribution is 2.51. The molecule has 0 spiro atoms. The standard InChI is InChI=1S/C11H16F2O2/c1-5-6(2)11(12,13)4-8-9(5)7(3)15-10(8)14/h5-9H,4H2,1-3H3.